The summed E-state index contributed by atoms with van der Waals surface area (Å²) in [5, 5.41) is 5.97. The predicted octanol–water partition coefficient (Wildman–Crippen LogP) is 4.50. The molecule has 2 aromatic carbocycles. The molecule has 0 radical (unpaired) electrons. The second-order valence-electron chi connectivity index (χ2n) is 8.14. The Bertz CT molecular complexity index is 753. The SMILES string of the molecule is CC(NC(=O)NC1CCN(Cc2ccccc2)CC1)Oc1ccc(C(C)C)cc1. The Labute approximate surface area is 174 Å². The van der Waals surface area contributed by atoms with Crippen molar-refractivity contribution in [2.24, 2.45) is 0 Å². The molecule has 1 fully saturated rings. The fourth-order valence-corrected chi connectivity index (χ4v) is 3.65. The number of carbonyl (C=O) groups is 1. The van der Waals surface area contributed by atoms with Crippen LogP contribution in [0.15, 0.2) is 54.6 Å². The summed E-state index contributed by atoms with van der Waals surface area (Å²) in [6.45, 7) is 9.13. The monoisotopic (exact) mass is 395 g/mol. The molecule has 1 saturated heterocycles. The van der Waals surface area contributed by atoms with Gasteiger partial charge in [-0.2, -0.15) is 0 Å². The molecule has 1 unspecified atom stereocenters. The average Bonchev–Trinajstić information content (AvgIpc) is 2.70. The van der Waals surface area contributed by atoms with Crippen LogP contribution in [-0.2, 0) is 6.54 Å². The number of hydrogen-bond acceptors (Lipinski definition) is 3. The van der Waals surface area contributed by atoms with E-state index in [1.165, 1.54) is 11.1 Å². The summed E-state index contributed by atoms with van der Waals surface area (Å²) in [4.78, 5) is 14.8. The quantitative estimate of drug-likeness (QED) is 0.679. The lowest BCUT2D eigenvalue weighted by Gasteiger charge is -2.32. The number of piperidine rings is 1. The van der Waals surface area contributed by atoms with Gasteiger partial charge in [0, 0.05) is 25.7 Å². The highest BCUT2D eigenvalue weighted by atomic mass is 16.5. The van der Waals surface area contributed by atoms with Gasteiger partial charge >= 0.3 is 6.03 Å². The maximum atomic E-state index is 12.3. The Hall–Kier alpha value is -2.53. The number of carbonyl (C=O) groups excluding carboxylic acids is 1. The molecule has 0 spiro atoms. The lowest BCUT2D eigenvalue weighted by atomic mass is 10.0. The summed E-state index contributed by atoms with van der Waals surface area (Å²) in [5.41, 5.74) is 2.61. The molecule has 0 saturated carbocycles. The molecule has 0 aliphatic carbocycles. The molecule has 2 aromatic rings. The number of urea groups is 1. The van der Waals surface area contributed by atoms with E-state index in [0.717, 1.165) is 38.2 Å². The number of rotatable bonds is 7. The van der Waals surface area contributed by atoms with Crippen LogP contribution in [0.5, 0.6) is 5.75 Å². The van der Waals surface area contributed by atoms with E-state index in [1.807, 2.05) is 25.1 Å². The summed E-state index contributed by atoms with van der Waals surface area (Å²) >= 11 is 0. The maximum absolute atomic E-state index is 12.3. The zero-order valence-electron chi connectivity index (χ0n) is 17.7. The van der Waals surface area contributed by atoms with Crippen LogP contribution in [-0.4, -0.2) is 36.3 Å². The van der Waals surface area contributed by atoms with E-state index < -0.39 is 6.23 Å². The highest BCUT2D eigenvalue weighted by Crippen LogP contribution is 2.19. The van der Waals surface area contributed by atoms with Crippen molar-refractivity contribution in [2.45, 2.75) is 58.3 Å². The van der Waals surface area contributed by atoms with Crippen molar-refractivity contribution in [1.82, 2.24) is 15.5 Å². The second-order valence-corrected chi connectivity index (χ2v) is 8.14. The summed E-state index contributed by atoms with van der Waals surface area (Å²) in [5.74, 6) is 1.25. The van der Waals surface area contributed by atoms with Crippen molar-refractivity contribution >= 4 is 6.03 Å². The average molecular weight is 396 g/mol. The number of hydrogen-bond donors (Lipinski definition) is 2. The number of nitrogens with one attached hydrogen (secondary N) is 2. The molecule has 29 heavy (non-hydrogen) atoms. The molecule has 1 aliphatic rings. The molecule has 1 aliphatic heterocycles. The lowest BCUT2D eigenvalue weighted by molar-refractivity contribution is 0.164. The fourth-order valence-electron chi connectivity index (χ4n) is 3.65. The minimum atomic E-state index is -0.391. The Morgan fingerprint density at radius 3 is 2.31 bits per heavy atom. The van der Waals surface area contributed by atoms with Gasteiger partial charge in [-0.05, 0) is 48.9 Å². The van der Waals surface area contributed by atoms with Crippen molar-refractivity contribution in [1.29, 1.82) is 0 Å². The van der Waals surface area contributed by atoms with E-state index in [1.54, 1.807) is 0 Å². The number of amides is 2. The van der Waals surface area contributed by atoms with Crippen LogP contribution < -0.4 is 15.4 Å². The molecule has 2 N–H and O–H groups in total. The first-order valence-electron chi connectivity index (χ1n) is 10.6. The van der Waals surface area contributed by atoms with E-state index in [0.29, 0.717) is 5.92 Å². The summed E-state index contributed by atoms with van der Waals surface area (Å²) < 4.78 is 5.81. The molecule has 2 amide bonds. The molecular weight excluding hydrogens is 362 g/mol. The Morgan fingerprint density at radius 2 is 1.69 bits per heavy atom. The van der Waals surface area contributed by atoms with Crippen molar-refractivity contribution in [2.75, 3.05) is 13.1 Å². The van der Waals surface area contributed by atoms with E-state index >= 15 is 0 Å². The zero-order valence-corrected chi connectivity index (χ0v) is 17.7. The Kier molecular flexibility index (Phi) is 7.53. The van der Waals surface area contributed by atoms with Crippen LogP contribution in [0.2, 0.25) is 0 Å². The summed E-state index contributed by atoms with van der Waals surface area (Å²) in [6.07, 6.45) is 1.54. The van der Waals surface area contributed by atoms with Gasteiger partial charge in [-0.15, -0.1) is 0 Å². The third kappa shape index (κ3) is 6.79. The van der Waals surface area contributed by atoms with Gasteiger partial charge in [-0.25, -0.2) is 4.79 Å². The third-order valence-electron chi connectivity index (χ3n) is 5.37. The Balaban J connectivity index is 1.37. The number of benzene rings is 2. The smallest absolute Gasteiger partial charge is 0.317 e. The largest absolute Gasteiger partial charge is 0.471 e. The maximum Gasteiger partial charge on any atom is 0.317 e. The van der Waals surface area contributed by atoms with Crippen molar-refractivity contribution < 1.29 is 9.53 Å². The summed E-state index contributed by atoms with van der Waals surface area (Å²) in [7, 11) is 0. The normalized spacial score (nSPS) is 16.4. The molecule has 5 heteroatoms. The van der Waals surface area contributed by atoms with E-state index in [2.05, 4.69) is 65.8 Å². The molecule has 156 valence electrons. The molecule has 3 rings (SSSR count). The van der Waals surface area contributed by atoms with Crippen LogP contribution in [0.1, 0.15) is 50.7 Å². The first kappa shape index (κ1) is 21.2. The van der Waals surface area contributed by atoms with Crippen molar-refractivity contribution in [3.63, 3.8) is 0 Å². The molecule has 5 nitrogen and oxygen atoms in total. The predicted molar refractivity (Wildman–Crippen MR) is 117 cm³/mol. The van der Waals surface area contributed by atoms with Gasteiger partial charge in [-0.3, -0.25) is 4.90 Å². The first-order valence-corrected chi connectivity index (χ1v) is 10.6. The second kappa shape index (κ2) is 10.3. The molecule has 1 heterocycles. The summed E-state index contributed by atoms with van der Waals surface area (Å²) in [6, 6.07) is 18.6. The first-order chi connectivity index (χ1) is 14.0. The van der Waals surface area contributed by atoms with Crippen molar-refractivity contribution in [3.8, 4) is 5.75 Å². The van der Waals surface area contributed by atoms with Gasteiger partial charge in [0.2, 0.25) is 0 Å². The molecule has 0 aromatic heterocycles. The minimum Gasteiger partial charge on any atom is -0.471 e. The standard InChI is InChI=1S/C24H33N3O2/c1-18(2)21-9-11-23(12-10-21)29-19(3)25-24(28)26-22-13-15-27(16-14-22)17-20-7-5-4-6-8-20/h4-12,18-19,22H,13-17H2,1-3H3,(H2,25,26,28). The number of likely N-dealkylation sites (tertiary alicyclic amines) is 1. The minimum absolute atomic E-state index is 0.169. The van der Waals surface area contributed by atoms with Gasteiger partial charge in [0.15, 0.2) is 6.23 Å². The van der Waals surface area contributed by atoms with Crippen LogP contribution in [0.4, 0.5) is 4.79 Å². The molecular formula is C24H33N3O2. The molecule has 1 atom stereocenters. The van der Waals surface area contributed by atoms with Crippen LogP contribution in [0.25, 0.3) is 0 Å². The van der Waals surface area contributed by atoms with E-state index in [-0.39, 0.29) is 12.1 Å². The number of ether oxygens (including phenoxy) is 1. The topological polar surface area (TPSA) is 53.6 Å². The zero-order chi connectivity index (χ0) is 20.6. The highest BCUT2D eigenvalue weighted by Gasteiger charge is 2.21. The van der Waals surface area contributed by atoms with Crippen LogP contribution in [0, 0.1) is 0 Å². The number of nitrogens with zero attached hydrogens (tertiary/aromatic N) is 1. The Morgan fingerprint density at radius 1 is 1.03 bits per heavy atom. The van der Waals surface area contributed by atoms with E-state index in [4.69, 9.17) is 4.74 Å². The van der Waals surface area contributed by atoms with Gasteiger partial charge in [-0.1, -0.05) is 56.3 Å². The molecule has 0 bridgehead atoms. The van der Waals surface area contributed by atoms with Gasteiger partial charge in [0.25, 0.3) is 0 Å². The lowest BCUT2D eigenvalue weighted by Crippen LogP contribution is -2.50. The van der Waals surface area contributed by atoms with E-state index in [9.17, 15) is 4.79 Å². The van der Waals surface area contributed by atoms with Gasteiger partial charge in [0.05, 0.1) is 0 Å². The van der Waals surface area contributed by atoms with Crippen LogP contribution >= 0.6 is 0 Å². The van der Waals surface area contributed by atoms with Crippen molar-refractivity contribution in [3.05, 3.63) is 65.7 Å². The fraction of sp³-hybridized carbons (Fsp3) is 0.458. The highest BCUT2D eigenvalue weighted by molar-refractivity contribution is 5.74. The van der Waals surface area contributed by atoms with Crippen LogP contribution in [0.3, 0.4) is 0 Å². The van der Waals surface area contributed by atoms with Gasteiger partial charge in [0.1, 0.15) is 5.75 Å². The third-order valence-corrected chi connectivity index (χ3v) is 5.37. The van der Waals surface area contributed by atoms with Gasteiger partial charge < -0.3 is 15.4 Å².